The molecule has 0 aliphatic heterocycles. The van der Waals surface area contributed by atoms with Gasteiger partial charge in [-0.3, -0.25) is 0 Å². The maximum atomic E-state index is 11.6. The van der Waals surface area contributed by atoms with Crippen molar-refractivity contribution in [1.29, 1.82) is 0 Å². The van der Waals surface area contributed by atoms with Crippen LogP contribution in [0.25, 0.3) is 0 Å². The molecule has 0 spiro atoms. The topological polar surface area (TPSA) is 118 Å². The van der Waals surface area contributed by atoms with Crippen LogP contribution in [0.5, 0.6) is 0 Å². The van der Waals surface area contributed by atoms with Crippen molar-refractivity contribution in [2.75, 3.05) is 13.1 Å². The van der Waals surface area contributed by atoms with Crippen LogP contribution in [-0.2, 0) is 26.7 Å². The Labute approximate surface area is 126 Å². The summed E-state index contributed by atoms with van der Waals surface area (Å²) in [4.78, 5) is 0.0328. The van der Waals surface area contributed by atoms with Crippen LogP contribution in [0.3, 0.4) is 0 Å². The van der Waals surface area contributed by atoms with Crippen molar-refractivity contribution in [1.82, 2.24) is 9.44 Å². The molecule has 1 rings (SSSR count). The monoisotopic (exact) mass is 335 g/mol. The highest BCUT2D eigenvalue weighted by Crippen LogP contribution is 2.08. The third-order valence-electron chi connectivity index (χ3n) is 2.64. The van der Waals surface area contributed by atoms with E-state index in [1.54, 1.807) is 12.1 Å². The number of nitrogens with one attached hydrogen (secondary N) is 2. The summed E-state index contributed by atoms with van der Waals surface area (Å²) in [6.07, 6.45) is 0.452. The van der Waals surface area contributed by atoms with Gasteiger partial charge in [-0.1, -0.05) is 26.0 Å². The molecule has 0 aromatic heterocycles. The average Bonchev–Trinajstić information content (AvgIpc) is 2.36. The summed E-state index contributed by atoms with van der Waals surface area (Å²) >= 11 is 0. The second-order valence-electron chi connectivity index (χ2n) is 5.08. The highest BCUT2D eigenvalue weighted by Gasteiger charge is 2.10. The largest absolute Gasteiger partial charge is 0.276 e. The van der Waals surface area contributed by atoms with Gasteiger partial charge in [0, 0.05) is 13.1 Å². The molecule has 0 aliphatic carbocycles. The Kier molecular flexibility index (Phi) is 6.29. The van der Waals surface area contributed by atoms with Gasteiger partial charge in [0.1, 0.15) is 0 Å². The van der Waals surface area contributed by atoms with E-state index in [1.807, 2.05) is 13.8 Å². The van der Waals surface area contributed by atoms with Crippen LogP contribution >= 0.6 is 0 Å². The zero-order chi connectivity index (χ0) is 16.1. The fourth-order valence-electron chi connectivity index (χ4n) is 1.50. The van der Waals surface area contributed by atoms with Gasteiger partial charge in [-0.05, 0) is 30.0 Å². The lowest BCUT2D eigenvalue weighted by Gasteiger charge is -2.10. The predicted octanol–water partition coefficient (Wildman–Crippen LogP) is -0.0435. The number of benzene rings is 1. The number of hydrogen-bond acceptors (Lipinski definition) is 4. The van der Waals surface area contributed by atoms with Crippen LogP contribution in [0.2, 0.25) is 0 Å². The van der Waals surface area contributed by atoms with E-state index < -0.39 is 20.2 Å². The molecule has 0 aliphatic rings. The molecule has 0 saturated heterocycles. The minimum absolute atomic E-state index is 0.0328. The third kappa shape index (κ3) is 7.00. The fraction of sp³-hybridized carbons (Fsp3) is 0.500. The van der Waals surface area contributed by atoms with Gasteiger partial charge in [-0.2, -0.15) is 8.42 Å². The molecule has 1 aromatic rings. The molecule has 4 N–H and O–H groups in total. The molecular weight excluding hydrogens is 314 g/mol. The quantitative estimate of drug-likeness (QED) is 0.617. The van der Waals surface area contributed by atoms with Gasteiger partial charge in [-0.15, -0.1) is 0 Å². The number of primary sulfonamides is 1. The molecular formula is C12H21N3O4S2. The van der Waals surface area contributed by atoms with Crippen molar-refractivity contribution in [2.45, 2.75) is 25.2 Å². The van der Waals surface area contributed by atoms with Gasteiger partial charge >= 0.3 is 0 Å². The van der Waals surface area contributed by atoms with E-state index in [0.717, 1.165) is 5.56 Å². The summed E-state index contributed by atoms with van der Waals surface area (Å²) in [6, 6.07) is 6.01. The van der Waals surface area contributed by atoms with Crippen LogP contribution in [0, 0.1) is 5.92 Å². The fourth-order valence-corrected chi connectivity index (χ4v) is 3.04. The van der Waals surface area contributed by atoms with Gasteiger partial charge in [0.15, 0.2) is 0 Å². The minimum Gasteiger partial charge on any atom is -0.225 e. The Morgan fingerprint density at radius 2 is 1.62 bits per heavy atom. The maximum absolute atomic E-state index is 11.6. The van der Waals surface area contributed by atoms with Crippen LogP contribution < -0.4 is 14.6 Å². The number of nitrogens with two attached hydrogens (primary N) is 1. The Balaban J connectivity index is 2.49. The van der Waals surface area contributed by atoms with E-state index in [0.29, 0.717) is 13.0 Å². The molecule has 0 unspecified atom stereocenters. The van der Waals surface area contributed by atoms with Crippen molar-refractivity contribution >= 4 is 20.2 Å². The molecule has 0 bridgehead atoms. The van der Waals surface area contributed by atoms with Crippen LogP contribution in [0.15, 0.2) is 29.2 Å². The van der Waals surface area contributed by atoms with Crippen LogP contribution in [0.1, 0.15) is 19.4 Å². The number of rotatable bonds is 8. The molecule has 0 heterocycles. The van der Waals surface area contributed by atoms with Gasteiger partial charge in [0.05, 0.1) is 4.90 Å². The normalized spacial score (nSPS) is 12.8. The SMILES string of the molecule is CC(C)CNS(=O)(=O)NCCc1ccc(S(N)(=O)=O)cc1. The lowest BCUT2D eigenvalue weighted by Crippen LogP contribution is -2.39. The van der Waals surface area contributed by atoms with Crippen LogP contribution in [0.4, 0.5) is 0 Å². The van der Waals surface area contributed by atoms with E-state index >= 15 is 0 Å². The van der Waals surface area contributed by atoms with Gasteiger partial charge in [-0.25, -0.2) is 23.0 Å². The first-order valence-corrected chi connectivity index (χ1v) is 9.49. The Hall–Kier alpha value is -1.00. The Bertz CT molecular complexity index is 652. The lowest BCUT2D eigenvalue weighted by atomic mass is 10.2. The highest BCUT2D eigenvalue weighted by atomic mass is 32.2. The zero-order valence-corrected chi connectivity index (χ0v) is 13.7. The molecule has 0 atom stereocenters. The van der Waals surface area contributed by atoms with Gasteiger partial charge in [0.2, 0.25) is 10.0 Å². The van der Waals surface area contributed by atoms with Crippen molar-refractivity contribution in [2.24, 2.45) is 11.1 Å². The number of hydrogen-bond donors (Lipinski definition) is 3. The molecule has 0 fully saturated rings. The van der Waals surface area contributed by atoms with E-state index in [-0.39, 0.29) is 17.4 Å². The summed E-state index contributed by atoms with van der Waals surface area (Å²) in [5, 5.41) is 4.99. The molecule has 120 valence electrons. The molecule has 21 heavy (non-hydrogen) atoms. The second-order valence-corrected chi connectivity index (χ2v) is 8.22. The Morgan fingerprint density at radius 1 is 1.05 bits per heavy atom. The average molecular weight is 335 g/mol. The van der Waals surface area contributed by atoms with Crippen molar-refractivity contribution < 1.29 is 16.8 Å². The van der Waals surface area contributed by atoms with Gasteiger partial charge < -0.3 is 0 Å². The summed E-state index contributed by atoms with van der Waals surface area (Å²) in [5.41, 5.74) is 0.814. The lowest BCUT2D eigenvalue weighted by molar-refractivity contribution is 0.547. The van der Waals surface area contributed by atoms with E-state index in [1.165, 1.54) is 12.1 Å². The van der Waals surface area contributed by atoms with Crippen molar-refractivity contribution in [3.63, 3.8) is 0 Å². The van der Waals surface area contributed by atoms with Crippen molar-refractivity contribution in [3.05, 3.63) is 29.8 Å². The van der Waals surface area contributed by atoms with E-state index in [2.05, 4.69) is 9.44 Å². The third-order valence-corrected chi connectivity index (χ3v) is 4.70. The predicted molar refractivity (Wildman–Crippen MR) is 81.3 cm³/mol. The van der Waals surface area contributed by atoms with Crippen LogP contribution in [-0.4, -0.2) is 29.9 Å². The first kappa shape index (κ1) is 18.1. The molecule has 0 amide bonds. The summed E-state index contributed by atoms with van der Waals surface area (Å²) in [7, 11) is -7.19. The number of sulfonamides is 1. The van der Waals surface area contributed by atoms with E-state index in [9.17, 15) is 16.8 Å². The Morgan fingerprint density at radius 3 is 2.10 bits per heavy atom. The molecule has 7 nitrogen and oxygen atoms in total. The first-order valence-electron chi connectivity index (χ1n) is 6.46. The highest BCUT2D eigenvalue weighted by molar-refractivity contribution is 7.89. The second kappa shape index (κ2) is 7.32. The summed E-state index contributed by atoms with van der Waals surface area (Å²) in [6.45, 7) is 4.42. The molecule has 0 saturated carbocycles. The summed E-state index contributed by atoms with van der Waals surface area (Å²) < 4.78 is 50.2. The molecule has 0 radical (unpaired) electrons. The van der Waals surface area contributed by atoms with Gasteiger partial charge in [0.25, 0.3) is 10.2 Å². The standard InChI is InChI=1S/C12H21N3O4S2/c1-10(2)9-15-21(18,19)14-8-7-11-3-5-12(6-4-11)20(13,16)17/h3-6,10,14-15H,7-9H2,1-2H3,(H2,13,16,17). The minimum atomic E-state index is -3.70. The first-order chi connectivity index (χ1) is 9.60. The molecule has 1 aromatic carbocycles. The smallest absolute Gasteiger partial charge is 0.225 e. The molecule has 9 heteroatoms. The van der Waals surface area contributed by atoms with Crippen molar-refractivity contribution in [3.8, 4) is 0 Å². The van der Waals surface area contributed by atoms with E-state index in [4.69, 9.17) is 5.14 Å². The zero-order valence-electron chi connectivity index (χ0n) is 12.0. The maximum Gasteiger partial charge on any atom is 0.276 e. The summed E-state index contributed by atoms with van der Waals surface area (Å²) in [5.74, 6) is 0.229.